The van der Waals surface area contributed by atoms with E-state index in [0.717, 1.165) is 6.29 Å². The Morgan fingerprint density at radius 1 is 1.10 bits per heavy atom. The second-order valence-corrected chi connectivity index (χ2v) is 4.49. The molecule has 1 heterocycles. The molecule has 0 N–H and O–H groups in total. The van der Waals surface area contributed by atoms with Crippen LogP contribution in [0.2, 0.25) is 0 Å². The number of aldehydes is 1. The van der Waals surface area contributed by atoms with Crippen molar-refractivity contribution in [3.8, 4) is 22.5 Å². The van der Waals surface area contributed by atoms with Gasteiger partial charge in [-0.1, -0.05) is 30.3 Å². The zero-order valence-electron chi connectivity index (χ0n) is 11.3. The lowest BCUT2D eigenvalue weighted by Gasteiger charge is -2.02. The molecule has 0 radical (unpaired) electrons. The number of methoxy groups -OCH3 is 1. The van der Waals surface area contributed by atoms with Crippen molar-refractivity contribution in [3.05, 3.63) is 59.9 Å². The van der Waals surface area contributed by atoms with E-state index in [9.17, 15) is 9.59 Å². The van der Waals surface area contributed by atoms with Crippen molar-refractivity contribution in [1.82, 2.24) is 0 Å². The summed E-state index contributed by atoms with van der Waals surface area (Å²) in [5.41, 5.74) is 2.61. The molecule has 0 saturated heterocycles. The number of furan rings is 1. The van der Waals surface area contributed by atoms with Crippen LogP contribution in [0.15, 0.2) is 53.1 Å². The number of rotatable bonds is 3. The minimum absolute atomic E-state index is 0.348. The van der Waals surface area contributed by atoms with Crippen molar-refractivity contribution in [1.29, 1.82) is 0 Å². The van der Waals surface area contributed by atoms with Gasteiger partial charge in [-0.15, -0.1) is 0 Å². The van der Waals surface area contributed by atoms with Gasteiger partial charge >= 0.3 is 5.97 Å². The average Bonchev–Trinajstić information content (AvgIpc) is 3.06. The van der Waals surface area contributed by atoms with E-state index < -0.39 is 5.97 Å². The van der Waals surface area contributed by atoms with Gasteiger partial charge in [-0.05, 0) is 23.3 Å². The molecular weight excluding hydrogens is 268 g/mol. The standard InChI is InChI=1S/C17H12O4/c1-20-17(19)16-12-7-4-2-3-6-11(12)13(10-18)15(16)14-8-5-9-21-14/h2-10H,1H3. The van der Waals surface area contributed by atoms with Crippen LogP contribution >= 0.6 is 0 Å². The van der Waals surface area contributed by atoms with Crippen molar-refractivity contribution < 1.29 is 18.7 Å². The molecule has 0 bridgehead atoms. The minimum atomic E-state index is -0.495. The molecule has 1 aromatic heterocycles. The zero-order chi connectivity index (χ0) is 14.8. The van der Waals surface area contributed by atoms with Gasteiger partial charge in [0.15, 0.2) is 6.29 Å². The van der Waals surface area contributed by atoms with Gasteiger partial charge in [-0.2, -0.15) is 0 Å². The number of hydrogen-bond donors (Lipinski definition) is 0. The maximum atomic E-state index is 12.2. The maximum absolute atomic E-state index is 12.2. The fraction of sp³-hybridized carbons (Fsp3) is 0.0588. The molecule has 1 aromatic rings. The van der Waals surface area contributed by atoms with Crippen molar-refractivity contribution in [2.75, 3.05) is 7.11 Å². The molecule has 0 unspecified atom stereocenters. The van der Waals surface area contributed by atoms with Crippen LogP contribution in [0.25, 0.3) is 22.5 Å². The number of carbonyl (C=O) groups is 2. The summed E-state index contributed by atoms with van der Waals surface area (Å²) in [5, 5.41) is 0. The van der Waals surface area contributed by atoms with Crippen LogP contribution in [-0.2, 0) is 4.74 Å². The van der Waals surface area contributed by atoms with Crippen LogP contribution in [0.4, 0.5) is 0 Å². The molecule has 0 aromatic carbocycles. The Kier molecular flexibility index (Phi) is 3.28. The Hall–Kier alpha value is -2.88. The number of fused-ring (bicyclic) bond motifs is 1. The van der Waals surface area contributed by atoms with Crippen LogP contribution in [0.1, 0.15) is 20.7 Å². The highest BCUT2D eigenvalue weighted by molar-refractivity contribution is 6.13. The number of carbonyl (C=O) groups excluding carboxylic acids is 2. The predicted molar refractivity (Wildman–Crippen MR) is 77.5 cm³/mol. The first-order valence-corrected chi connectivity index (χ1v) is 6.40. The summed E-state index contributed by atoms with van der Waals surface area (Å²) in [5.74, 6) is -0.0259. The summed E-state index contributed by atoms with van der Waals surface area (Å²) in [4.78, 5) is 23.8. The van der Waals surface area contributed by atoms with Crippen molar-refractivity contribution in [2.24, 2.45) is 0 Å². The van der Waals surface area contributed by atoms with Gasteiger partial charge < -0.3 is 9.15 Å². The van der Waals surface area contributed by atoms with Gasteiger partial charge in [0, 0.05) is 11.1 Å². The maximum Gasteiger partial charge on any atom is 0.339 e. The summed E-state index contributed by atoms with van der Waals surface area (Å²) in [6, 6.07) is 12.5. The number of hydrogen-bond acceptors (Lipinski definition) is 4. The fourth-order valence-corrected chi connectivity index (χ4v) is 2.52. The van der Waals surface area contributed by atoms with Crippen molar-refractivity contribution in [3.63, 3.8) is 0 Å². The zero-order valence-corrected chi connectivity index (χ0v) is 11.3. The molecule has 0 fully saturated rings. The minimum Gasteiger partial charge on any atom is -0.465 e. The van der Waals surface area contributed by atoms with E-state index in [0.29, 0.717) is 33.6 Å². The molecule has 0 saturated carbocycles. The first kappa shape index (κ1) is 13.1. The van der Waals surface area contributed by atoms with Crippen molar-refractivity contribution >= 4 is 12.3 Å². The molecule has 4 heteroatoms. The van der Waals surface area contributed by atoms with Gasteiger partial charge in [0.2, 0.25) is 0 Å². The Morgan fingerprint density at radius 3 is 2.48 bits per heavy atom. The lowest BCUT2D eigenvalue weighted by Crippen LogP contribution is -2.02. The van der Waals surface area contributed by atoms with E-state index in [1.807, 2.05) is 18.2 Å². The van der Waals surface area contributed by atoms with Crippen LogP contribution in [0.5, 0.6) is 0 Å². The monoisotopic (exact) mass is 280 g/mol. The first-order valence-electron chi connectivity index (χ1n) is 6.40. The molecule has 104 valence electrons. The molecule has 4 nitrogen and oxygen atoms in total. The summed E-state index contributed by atoms with van der Waals surface area (Å²) < 4.78 is 10.3. The van der Waals surface area contributed by atoms with Crippen LogP contribution in [0, 0.1) is 0 Å². The average molecular weight is 280 g/mol. The van der Waals surface area contributed by atoms with E-state index in [4.69, 9.17) is 9.15 Å². The van der Waals surface area contributed by atoms with E-state index in [2.05, 4.69) is 0 Å². The lowest BCUT2D eigenvalue weighted by atomic mass is 10.1. The Bertz CT molecular complexity index is 772. The molecule has 2 aliphatic carbocycles. The smallest absolute Gasteiger partial charge is 0.339 e. The van der Waals surface area contributed by atoms with Gasteiger partial charge in [0.1, 0.15) is 5.76 Å². The van der Waals surface area contributed by atoms with E-state index in [1.54, 1.807) is 24.3 Å². The van der Waals surface area contributed by atoms with Gasteiger partial charge in [0.05, 0.1) is 18.9 Å². The van der Waals surface area contributed by atoms with Gasteiger partial charge in [-0.3, -0.25) is 4.79 Å². The van der Waals surface area contributed by atoms with Crippen LogP contribution in [0.3, 0.4) is 0 Å². The third-order valence-electron chi connectivity index (χ3n) is 3.39. The quantitative estimate of drug-likeness (QED) is 0.543. The van der Waals surface area contributed by atoms with Gasteiger partial charge in [0.25, 0.3) is 0 Å². The third-order valence-corrected chi connectivity index (χ3v) is 3.39. The fourth-order valence-electron chi connectivity index (χ4n) is 2.52. The van der Waals surface area contributed by atoms with E-state index in [-0.39, 0.29) is 0 Å². The number of ether oxygens (including phenoxy) is 1. The number of esters is 1. The molecule has 2 aliphatic rings. The Morgan fingerprint density at radius 2 is 1.86 bits per heavy atom. The Labute approximate surface area is 121 Å². The third kappa shape index (κ3) is 2.01. The van der Waals surface area contributed by atoms with E-state index in [1.165, 1.54) is 13.4 Å². The highest BCUT2D eigenvalue weighted by Crippen LogP contribution is 2.41. The molecular formula is C17H12O4. The normalized spacial score (nSPS) is 10.5. The molecule has 21 heavy (non-hydrogen) atoms. The largest absolute Gasteiger partial charge is 0.465 e. The second kappa shape index (κ2) is 5.25. The summed E-state index contributed by atoms with van der Waals surface area (Å²) in [6.45, 7) is 0. The van der Waals surface area contributed by atoms with Crippen LogP contribution < -0.4 is 0 Å². The molecule has 0 atom stereocenters. The highest BCUT2D eigenvalue weighted by atomic mass is 16.5. The van der Waals surface area contributed by atoms with Crippen LogP contribution in [-0.4, -0.2) is 19.4 Å². The molecule has 0 spiro atoms. The highest BCUT2D eigenvalue weighted by Gasteiger charge is 2.29. The topological polar surface area (TPSA) is 56.5 Å². The SMILES string of the molecule is COC(=O)c1c2cccccc-2c(C=O)c1-c1ccco1. The van der Waals surface area contributed by atoms with E-state index >= 15 is 0 Å². The second-order valence-electron chi connectivity index (χ2n) is 4.49. The molecule has 0 aliphatic heterocycles. The van der Waals surface area contributed by atoms with Gasteiger partial charge in [-0.25, -0.2) is 4.79 Å². The molecule has 3 rings (SSSR count). The predicted octanol–water partition coefficient (Wildman–Crippen LogP) is 3.65. The molecule has 0 amide bonds. The summed E-state index contributed by atoms with van der Waals surface area (Å²) in [6.07, 6.45) is 2.25. The first-order chi connectivity index (χ1) is 10.3. The lowest BCUT2D eigenvalue weighted by molar-refractivity contribution is 0.0602. The Balaban J connectivity index is 2.45. The van der Waals surface area contributed by atoms with Crippen molar-refractivity contribution in [2.45, 2.75) is 0 Å². The summed E-state index contributed by atoms with van der Waals surface area (Å²) in [7, 11) is 1.32. The summed E-state index contributed by atoms with van der Waals surface area (Å²) >= 11 is 0.